The van der Waals surface area contributed by atoms with Crippen molar-refractivity contribution in [1.29, 1.82) is 0 Å². The van der Waals surface area contributed by atoms with E-state index in [4.69, 9.17) is 9.72 Å². The Morgan fingerprint density at radius 1 is 1.16 bits per heavy atom. The molecule has 2 fully saturated rings. The second-order valence-corrected chi connectivity index (χ2v) is 15.0. The van der Waals surface area contributed by atoms with Gasteiger partial charge in [0.2, 0.25) is 5.95 Å². The van der Waals surface area contributed by atoms with Gasteiger partial charge in [0.15, 0.2) is 0 Å². The summed E-state index contributed by atoms with van der Waals surface area (Å²) < 4.78 is 44.2. The van der Waals surface area contributed by atoms with Crippen molar-refractivity contribution in [2.45, 2.75) is 70.9 Å². The molecule has 2 aliphatic heterocycles. The Morgan fingerprint density at radius 2 is 1.93 bits per heavy atom. The molecule has 234 valence electrons. The summed E-state index contributed by atoms with van der Waals surface area (Å²) in [5.74, 6) is 2.81. The molecule has 0 amide bonds. The number of hydrogen-bond acceptors (Lipinski definition) is 11. The van der Waals surface area contributed by atoms with Crippen LogP contribution in [0, 0.1) is 5.92 Å². The molecule has 5 heterocycles. The van der Waals surface area contributed by atoms with Gasteiger partial charge in [-0.2, -0.15) is 4.98 Å². The van der Waals surface area contributed by atoms with Crippen LogP contribution in [0.4, 0.5) is 27.8 Å². The number of nitrogens with zero attached hydrogens (tertiary/aromatic N) is 6. The first-order chi connectivity index (χ1) is 20.2. The van der Waals surface area contributed by atoms with E-state index in [9.17, 15) is 17.9 Å². The fraction of sp³-hybridized carbons (Fsp3) is 0.600. The average Bonchev–Trinajstić information content (AvgIpc) is 2.92. The van der Waals surface area contributed by atoms with Crippen LogP contribution in [-0.2, 0) is 14.6 Å². The highest BCUT2D eigenvalue weighted by Crippen LogP contribution is 2.38. The Hall–Kier alpha value is -3.16. The second-order valence-electron chi connectivity index (χ2n) is 12.8. The van der Waals surface area contributed by atoms with Crippen LogP contribution >= 0.6 is 0 Å². The number of halogens is 1. The van der Waals surface area contributed by atoms with Crippen LogP contribution in [0.15, 0.2) is 30.7 Å². The summed E-state index contributed by atoms with van der Waals surface area (Å²) in [7, 11) is -3.06. The first kappa shape index (κ1) is 31.3. The summed E-state index contributed by atoms with van der Waals surface area (Å²) in [6.07, 6.45) is 5.27. The average molecular weight is 616 g/mol. The predicted octanol–water partition coefficient (Wildman–Crippen LogP) is 3.86. The van der Waals surface area contributed by atoms with Crippen LogP contribution in [0.5, 0.6) is 0 Å². The third-order valence-corrected chi connectivity index (χ3v) is 9.15. The normalized spacial score (nSPS) is 23.1. The molecule has 3 aromatic heterocycles. The van der Waals surface area contributed by atoms with E-state index in [0.29, 0.717) is 37.1 Å². The number of rotatable bonds is 10. The number of aliphatic hydroxyl groups is 1. The van der Waals surface area contributed by atoms with Crippen LogP contribution in [0.3, 0.4) is 0 Å². The molecule has 0 unspecified atom stereocenters. The van der Waals surface area contributed by atoms with Crippen molar-refractivity contribution in [1.82, 2.24) is 19.9 Å². The van der Waals surface area contributed by atoms with Gasteiger partial charge in [0.25, 0.3) is 0 Å². The quantitative estimate of drug-likeness (QED) is 0.344. The van der Waals surface area contributed by atoms with Gasteiger partial charge in [-0.15, -0.1) is 0 Å². The van der Waals surface area contributed by atoms with Crippen molar-refractivity contribution in [2.75, 3.05) is 53.4 Å². The molecule has 0 aliphatic carbocycles. The van der Waals surface area contributed by atoms with Crippen LogP contribution < -0.4 is 15.1 Å². The second kappa shape index (κ2) is 12.1. The Labute approximate surface area is 252 Å². The number of alkyl halides is 1. The maximum Gasteiger partial charge on any atom is 0.227 e. The Kier molecular flexibility index (Phi) is 8.79. The van der Waals surface area contributed by atoms with Crippen molar-refractivity contribution >= 4 is 44.0 Å². The van der Waals surface area contributed by atoms with Crippen molar-refractivity contribution in [3.63, 3.8) is 0 Å². The highest BCUT2D eigenvalue weighted by atomic mass is 32.2. The van der Waals surface area contributed by atoms with E-state index < -0.39 is 27.7 Å². The molecule has 0 spiro atoms. The van der Waals surface area contributed by atoms with Crippen LogP contribution in [0.1, 0.15) is 52.5 Å². The third-order valence-electron chi connectivity index (χ3n) is 8.11. The molecule has 3 aromatic rings. The van der Waals surface area contributed by atoms with Gasteiger partial charge in [-0.25, -0.2) is 27.8 Å². The van der Waals surface area contributed by atoms with Crippen LogP contribution in [0.2, 0.25) is 0 Å². The lowest BCUT2D eigenvalue weighted by Gasteiger charge is -2.47. The van der Waals surface area contributed by atoms with Gasteiger partial charge in [0.1, 0.15) is 33.5 Å². The summed E-state index contributed by atoms with van der Waals surface area (Å²) in [6, 6.07) is 3.78. The number of nitrogens with one attached hydrogen (secondary N) is 1. The molecule has 11 nitrogen and oxygen atoms in total. The Bertz CT molecular complexity index is 1570. The fourth-order valence-corrected chi connectivity index (χ4v) is 6.87. The monoisotopic (exact) mass is 615 g/mol. The van der Waals surface area contributed by atoms with Crippen molar-refractivity contribution < 1.29 is 22.7 Å². The van der Waals surface area contributed by atoms with E-state index in [1.807, 2.05) is 19.2 Å². The van der Waals surface area contributed by atoms with E-state index in [2.05, 4.69) is 39.0 Å². The van der Waals surface area contributed by atoms with Gasteiger partial charge in [-0.05, 0) is 56.2 Å². The Balaban J connectivity index is 1.33. The van der Waals surface area contributed by atoms with Crippen LogP contribution in [-0.4, -0.2) is 95.6 Å². The summed E-state index contributed by atoms with van der Waals surface area (Å²) in [6.45, 7) is 10.9. The molecular weight excluding hydrogens is 573 g/mol. The lowest BCUT2D eigenvalue weighted by molar-refractivity contribution is -0.0806. The molecule has 5 rings (SSSR count). The molecule has 2 N–H and O–H groups in total. The lowest BCUT2D eigenvalue weighted by Crippen LogP contribution is -2.57. The maximum atomic E-state index is 14.9. The topological polar surface area (TPSA) is 134 Å². The molecule has 13 heteroatoms. The molecule has 2 saturated heterocycles. The first-order valence-corrected chi connectivity index (χ1v) is 16.8. The number of sulfone groups is 1. The van der Waals surface area contributed by atoms with Gasteiger partial charge in [-0.1, -0.05) is 13.8 Å². The van der Waals surface area contributed by atoms with Crippen molar-refractivity contribution in [3.8, 4) is 0 Å². The minimum Gasteiger partial charge on any atom is -0.388 e. The summed E-state index contributed by atoms with van der Waals surface area (Å²) in [5, 5.41) is 15.1. The molecule has 43 heavy (non-hydrogen) atoms. The maximum absolute atomic E-state index is 14.9. The molecule has 2 aliphatic rings. The fourth-order valence-electron chi connectivity index (χ4n) is 5.71. The lowest BCUT2D eigenvalue weighted by atomic mass is 9.90. The number of piperidine rings is 1. The van der Waals surface area contributed by atoms with E-state index in [0.717, 1.165) is 22.2 Å². The minimum absolute atomic E-state index is 0.0506. The number of fused-ring (bicyclic) bond motifs is 1. The standard InChI is InChI=1S/C30H42FN7O4S/c1-18(2)22-12-34-28(38-14-20(19(38)3)16-43(6,40)41)23-13-33-27(11-21(22)23)35-26-7-9-32-29(36-26)37-10-8-25(24(31)15-37)42-17-30(4,5)39/h7,9,11-13,18-20,24-25,39H,8,10,14-17H2,1-6H3,(H,32,33,35,36)/t19-,20-,24-,25+/m1/s1. The molecule has 0 aromatic carbocycles. The minimum atomic E-state index is -3.06. The number of anilines is 4. The van der Waals surface area contributed by atoms with Gasteiger partial charge in [0.05, 0.1) is 30.6 Å². The van der Waals surface area contributed by atoms with E-state index in [1.54, 1.807) is 37.2 Å². The highest BCUT2D eigenvalue weighted by molar-refractivity contribution is 7.90. The molecule has 4 atom stereocenters. The van der Waals surface area contributed by atoms with Gasteiger partial charge < -0.3 is 25.0 Å². The van der Waals surface area contributed by atoms with Gasteiger partial charge in [-0.3, -0.25) is 0 Å². The van der Waals surface area contributed by atoms with E-state index >= 15 is 0 Å². The van der Waals surface area contributed by atoms with E-state index in [1.165, 1.54) is 6.26 Å². The summed E-state index contributed by atoms with van der Waals surface area (Å²) in [4.78, 5) is 22.4. The number of ether oxygens (including phenoxy) is 1. The molecule has 0 bridgehead atoms. The summed E-state index contributed by atoms with van der Waals surface area (Å²) in [5.41, 5.74) is 0.0679. The van der Waals surface area contributed by atoms with Crippen LogP contribution in [0.25, 0.3) is 10.8 Å². The molecule has 0 radical (unpaired) electrons. The van der Waals surface area contributed by atoms with Crippen molar-refractivity contribution in [3.05, 3.63) is 36.3 Å². The predicted molar refractivity (Wildman–Crippen MR) is 167 cm³/mol. The number of pyridine rings is 2. The highest BCUT2D eigenvalue weighted by Gasteiger charge is 2.39. The Morgan fingerprint density at radius 3 is 2.58 bits per heavy atom. The molecule has 0 saturated carbocycles. The smallest absolute Gasteiger partial charge is 0.227 e. The number of hydrogen-bond donors (Lipinski definition) is 2. The van der Waals surface area contributed by atoms with E-state index in [-0.39, 0.29) is 36.8 Å². The zero-order chi connectivity index (χ0) is 31.1. The summed E-state index contributed by atoms with van der Waals surface area (Å²) >= 11 is 0. The van der Waals surface area contributed by atoms with Gasteiger partial charge >= 0.3 is 0 Å². The SMILES string of the molecule is CC(C)c1cnc(N2C[C@H](CS(C)(=O)=O)[C@H]2C)c2cnc(Nc3ccnc(N4CC[C@H](OCC(C)(C)O)[C@H](F)C4)n3)cc12. The van der Waals surface area contributed by atoms with Crippen molar-refractivity contribution in [2.24, 2.45) is 5.92 Å². The third kappa shape index (κ3) is 7.32. The zero-order valence-electron chi connectivity index (χ0n) is 25.7. The molecular formula is C30H42FN7O4S. The first-order valence-electron chi connectivity index (χ1n) is 14.7. The largest absolute Gasteiger partial charge is 0.388 e. The zero-order valence-corrected chi connectivity index (χ0v) is 26.5. The van der Waals surface area contributed by atoms with Gasteiger partial charge in [0, 0.05) is 55.3 Å². The number of aromatic nitrogens is 4.